The van der Waals surface area contributed by atoms with Crippen molar-refractivity contribution in [2.45, 2.75) is 6.92 Å². The van der Waals surface area contributed by atoms with Gasteiger partial charge in [0.05, 0.1) is 0 Å². The van der Waals surface area contributed by atoms with E-state index in [4.69, 9.17) is 16.1 Å². The minimum atomic E-state index is -0.296. The van der Waals surface area contributed by atoms with Gasteiger partial charge in [-0.1, -0.05) is 22.8 Å². The third-order valence-corrected chi connectivity index (χ3v) is 5.70. The molecule has 1 fully saturated rings. The van der Waals surface area contributed by atoms with Gasteiger partial charge in [-0.25, -0.2) is 9.37 Å². The van der Waals surface area contributed by atoms with Crippen LogP contribution in [-0.2, 0) is 0 Å². The van der Waals surface area contributed by atoms with Gasteiger partial charge in [0.2, 0.25) is 0 Å². The van der Waals surface area contributed by atoms with Crippen LogP contribution in [0.1, 0.15) is 5.56 Å². The summed E-state index contributed by atoms with van der Waals surface area (Å²) in [5, 5.41) is 5.67. The molecule has 5 rings (SSSR count). The van der Waals surface area contributed by atoms with Gasteiger partial charge >= 0.3 is 0 Å². The molecule has 8 heteroatoms. The minimum absolute atomic E-state index is 0.296. The largest absolute Gasteiger partial charge is 0.368 e. The molecular formula is C22H19ClFN5O. The van der Waals surface area contributed by atoms with Gasteiger partial charge in [0.1, 0.15) is 29.0 Å². The van der Waals surface area contributed by atoms with Crippen molar-refractivity contribution in [3.8, 4) is 11.3 Å². The molecule has 0 aliphatic carbocycles. The predicted molar refractivity (Wildman–Crippen MR) is 116 cm³/mol. The summed E-state index contributed by atoms with van der Waals surface area (Å²) in [5.41, 5.74) is 4.17. The van der Waals surface area contributed by atoms with E-state index in [9.17, 15) is 4.39 Å². The van der Waals surface area contributed by atoms with Crippen LogP contribution in [0.2, 0.25) is 5.02 Å². The molecule has 0 bridgehead atoms. The van der Waals surface area contributed by atoms with Gasteiger partial charge in [-0.3, -0.25) is 0 Å². The molecule has 1 aliphatic heterocycles. The van der Waals surface area contributed by atoms with E-state index in [2.05, 4.69) is 31.8 Å². The molecule has 4 aromatic rings. The van der Waals surface area contributed by atoms with Gasteiger partial charge in [0, 0.05) is 42.5 Å². The zero-order valence-electron chi connectivity index (χ0n) is 16.3. The molecule has 0 unspecified atom stereocenters. The fourth-order valence-electron chi connectivity index (χ4n) is 3.90. The van der Waals surface area contributed by atoms with Gasteiger partial charge < -0.3 is 14.3 Å². The van der Waals surface area contributed by atoms with Crippen molar-refractivity contribution in [1.29, 1.82) is 0 Å². The van der Waals surface area contributed by atoms with E-state index in [1.807, 2.05) is 18.2 Å². The summed E-state index contributed by atoms with van der Waals surface area (Å²) in [4.78, 5) is 13.3. The van der Waals surface area contributed by atoms with E-state index in [1.165, 1.54) is 24.0 Å². The van der Waals surface area contributed by atoms with Crippen LogP contribution in [0.15, 0.2) is 53.3 Å². The van der Waals surface area contributed by atoms with Gasteiger partial charge in [-0.2, -0.15) is 4.98 Å². The number of aromatic nitrogens is 3. The maximum absolute atomic E-state index is 13.4. The maximum atomic E-state index is 13.4. The molecule has 152 valence electrons. The van der Waals surface area contributed by atoms with Gasteiger partial charge in [0.25, 0.3) is 5.71 Å². The second kappa shape index (κ2) is 7.57. The quantitative estimate of drug-likeness (QED) is 0.475. The fraction of sp³-hybridized carbons (Fsp3) is 0.227. The Morgan fingerprint density at radius 2 is 1.70 bits per heavy atom. The molecule has 1 aliphatic rings. The lowest BCUT2D eigenvalue weighted by atomic mass is 10.1. The number of hydrogen-bond donors (Lipinski definition) is 0. The number of halogens is 2. The van der Waals surface area contributed by atoms with Crippen LogP contribution in [0.5, 0.6) is 0 Å². The first-order chi connectivity index (χ1) is 14.6. The highest BCUT2D eigenvalue weighted by atomic mass is 35.5. The van der Waals surface area contributed by atoms with Gasteiger partial charge in [0.15, 0.2) is 0 Å². The lowest BCUT2D eigenvalue weighted by Crippen LogP contribution is -2.47. The molecule has 1 saturated heterocycles. The standard InChI is InChI=1S/C22H19ClFN5O/c1-14-2-5-16(23)12-18(14)28-8-10-29(11-9-28)21-19-20(15-3-6-17(24)7-4-15)27-30-22(19)26-13-25-21/h2-7,12-13H,8-11H2,1H3. The number of hydrogen-bond acceptors (Lipinski definition) is 6. The van der Waals surface area contributed by atoms with Gasteiger partial charge in [-0.15, -0.1) is 0 Å². The first kappa shape index (κ1) is 18.8. The van der Waals surface area contributed by atoms with Crippen molar-refractivity contribution in [1.82, 2.24) is 15.1 Å². The molecule has 0 radical (unpaired) electrons. The lowest BCUT2D eigenvalue weighted by molar-refractivity contribution is 0.451. The van der Waals surface area contributed by atoms with Crippen LogP contribution < -0.4 is 9.80 Å². The van der Waals surface area contributed by atoms with Crippen LogP contribution in [0.3, 0.4) is 0 Å². The van der Waals surface area contributed by atoms with Crippen molar-refractivity contribution in [2.75, 3.05) is 36.0 Å². The summed E-state index contributed by atoms with van der Waals surface area (Å²) >= 11 is 6.20. The Bertz CT molecular complexity index is 1200. The first-order valence-electron chi connectivity index (χ1n) is 9.72. The van der Waals surface area contributed by atoms with E-state index in [0.717, 1.165) is 53.7 Å². The summed E-state index contributed by atoms with van der Waals surface area (Å²) < 4.78 is 18.8. The third kappa shape index (κ3) is 3.35. The number of fused-ring (bicyclic) bond motifs is 1. The molecule has 0 atom stereocenters. The highest BCUT2D eigenvalue weighted by Crippen LogP contribution is 2.34. The van der Waals surface area contributed by atoms with Crippen LogP contribution in [-0.4, -0.2) is 41.3 Å². The average molecular weight is 424 g/mol. The summed E-state index contributed by atoms with van der Waals surface area (Å²) in [6.45, 7) is 5.34. The lowest BCUT2D eigenvalue weighted by Gasteiger charge is -2.37. The molecule has 6 nitrogen and oxygen atoms in total. The molecule has 0 amide bonds. The summed E-state index contributed by atoms with van der Waals surface area (Å²) in [7, 11) is 0. The van der Waals surface area contributed by atoms with Crippen LogP contribution in [0.25, 0.3) is 22.4 Å². The van der Waals surface area contributed by atoms with Crippen molar-refractivity contribution in [2.24, 2.45) is 0 Å². The van der Waals surface area contributed by atoms with Crippen molar-refractivity contribution >= 4 is 34.2 Å². The van der Waals surface area contributed by atoms with Crippen LogP contribution >= 0.6 is 11.6 Å². The number of benzene rings is 2. The molecule has 2 aromatic carbocycles. The third-order valence-electron chi connectivity index (χ3n) is 5.46. The van der Waals surface area contributed by atoms with E-state index < -0.39 is 0 Å². The Balaban J connectivity index is 1.45. The summed E-state index contributed by atoms with van der Waals surface area (Å²) in [6, 6.07) is 12.2. The highest BCUT2D eigenvalue weighted by molar-refractivity contribution is 6.30. The molecule has 0 saturated carbocycles. The zero-order valence-corrected chi connectivity index (χ0v) is 17.1. The maximum Gasteiger partial charge on any atom is 0.263 e. The van der Waals surface area contributed by atoms with Crippen LogP contribution in [0, 0.1) is 12.7 Å². The number of rotatable bonds is 3. The molecule has 3 heterocycles. The highest BCUT2D eigenvalue weighted by Gasteiger charge is 2.25. The van der Waals surface area contributed by atoms with E-state index in [1.54, 1.807) is 12.1 Å². The smallest absolute Gasteiger partial charge is 0.263 e. The topological polar surface area (TPSA) is 58.3 Å². The second-order valence-corrected chi connectivity index (χ2v) is 7.76. The number of nitrogens with zero attached hydrogens (tertiary/aromatic N) is 5. The minimum Gasteiger partial charge on any atom is -0.368 e. The zero-order chi connectivity index (χ0) is 20.7. The Morgan fingerprint density at radius 1 is 0.967 bits per heavy atom. The molecule has 0 spiro atoms. The van der Waals surface area contributed by atoms with E-state index in [-0.39, 0.29) is 5.82 Å². The summed E-state index contributed by atoms with van der Waals surface area (Å²) in [6.07, 6.45) is 1.49. The molecule has 30 heavy (non-hydrogen) atoms. The Morgan fingerprint density at radius 3 is 2.47 bits per heavy atom. The molecule has 2 aromatic heterocycles. The molecular weight excluding hydrogens is 405 g/mol. The first-order valence-corrected chi connectivity index (χ1v) is 10.1. The van der Waals surface area contributed by atoms with E-state index >= 15 is 0 Å². The normalized spacial score (nSPS) is 14.5. The predicted octanol–water partition coefficient (Wildman–Crippen LogP) is 4.71. The van der Waals surface area contributed by atoms with Crippen molar-refractivity contribution in [3.05, 3.63) is 65.2 Å². The molecule has 0 N–H and O–H groups in total. The number of piperazine rings is 1. The fourth-order valence-corrected chi connectivity index (χ4v) is 4.06. The van der Waals surface area contributed by atoms with Crippen molar-refractivity contribution < 1.29 is 8.91 Å². The second-order valence-electron chi connectivity index (χ2n) is 7.32. The Hall–Kier alpha value is -3.19. The number of aryl methyl sites for hydroxylation is 1. The number of anilines is 2. The van der Waals surface area contributed by atoms with Crippen molar-refractivity contribution in [3.63, 3.8) is 0 Å². The van der Waals surface area contributed by atoms with Crippen LogP contribution in [0.4, 0.5) is 15.9 Å². The van der Waals surface area contributed by atoms with Gasteiger partial charge in [-0.05, 0) is 48.9 Å². The van der Waals surface area contributed by atoms with E-state index in [0.29, 0.717) is 11.4 Å². The Kier molecular flexibility index (Phi) is 4.75. The average Bonchev–Trinajstić information content (AvgIpc) is 3.20. The Labute approximate surface area is 177 Å². The monoisotopic (exact) mass is 423 g/mol. The SMILES string of the molecule is Cc1ccc(Cl)cc1N1CCN(c2ncnc3onc(-c4ccc(F)cc4)c23)CC1. The summed E-state index contributed by atoms with van der Waals surface area (Å²) in [5.74, 6) is 0.485.